The van der Waals surface area contributed by atoms with Gasteiger partial charge in [0.1, 0.15) is 11.5 Å². The number of aromatic nitrogens is 2. The number of anilines is 1. The first-order valence-corrected chi connectivity index (χ1v) is 8.36. The fourth-order valence-electron chi connectivity index (χ4n) is 2.77. The van der Waals surface area contributed by atoms with Gasteiger partial charge in [-0.2, -0.15) is 23.3 Å². The molecule has 0 unspecified atom stereocenters. The maximum absolute atomic E-state index is 13.0. The summed E-state index contributed by atoms with van der Waals surface area (Å²) in [6, 6.07) is 5.66. The summed E-state index contributed by atoms with van der Waals surface area (Å²) >= 11 is 0. The Labute approximate surface area is 152 Å². The number of guanidine groups is 1. The van der Waals surface area contributed by atoms with E-state index in [4.69, 9.17) is 0 Å². The number of alkyl halides is 3. The molecular formula is C17H17F4N5O. The first kappa shape index (κ1) is 18.9. The normalized spacial score (nSPS) is 15.8. The second-order valence-electron chi connectivity index (χ2n) is 6.19. The van der Waals surface area contributed by atoms with Crippen LogP contribution >= 0.6 is 0 Å². The molecule has 27 heavy (non-hydrogen) atoms. The lowest BCUT2D eigenvalue weighted by Gasteiger charge is -2.15. The summed E-state index contributed by atoms with van der Waals surface area (Å²) in [7, 11) is 0. The van der Waals surface area contributed by atoms with E-state index < -0.39 is 23.6 Å². The summed E-state index contributed by atoms with van der Waals surface area (Å²) in [5.41, 5.74) is -0.864. The van der Waals surface area contributed by atoms with E-state index in [1.54, 1.807) is 0 Å². The maximum Gasteiger partial charge on any atom is 0.432 e. The first-order chi connectivity index (χ1) is 12.8. The Balaban J connectivity index is 1.80. The minimum atomic E-state index is -4.56. The number of halogens is 4. The highest BCUT2D eigenvalue weighted by Gasteiger charge is 2.33. The molecule has 6 nitrogen and oxygen atoms in total. The quantitative estimate of drug-likeness (QED) is 0.429. The van der Waals surface area contributed by atoms with Crippen LogP contribution in [0.2, 0.25) is 0 Å². The Morgan fingerprint density at radius 2 is 1.85 bits per heavy atom. The second kappa shape index (κ2) is 7.77. The van der Waals surface area contributed by atoms with Gasteiger partial charge in [-0.05, 0) is 37.1 Å². The molecule has 0 saturated heterocycles. The predicted octanol–water partition coefficient (Wildman–Crippen LogP) is 3.71. The number of hydrogen-bond donors (Lipinski definition) is 3. The minimum absolute atomic E-state index is 0.00329. The van der Waals surface area contributed by atoms with Gasteiger partial charge >= 0.3 is 6.18 Å². The molecule has 1 aliphatic rings. The van der Waals surface area contributed by atoms with Crippen LogP contribution < -0.4 is 10.6 Å². The van der Waals surface area contributed by atoms with E-state index in [1.165, 1.54) is 12.1 Å². The summed E-state index contributed by atoms with van der Waals surface area (Å²) < 4.78 is 51.1. The van der Waals surface area contributed by atoms with E-state index in [-0.39, 0.29) is 23.4 Å². The zero-order valence-corrected chi connectivity index (χ0v) is 14.1. The molecule has 3 rings (SSSR count). The molecular weight excluding hydrogens is 366 g/mol. The van der Waals surface area contributed by atoms with Crippen molar-refractivity contribution < 1.29 is 22.4 Å². The number of aliphatic imine (C=N–C) groups is 1. The molecule has 1 heterocycles. The number of carbonyl (C=O) groups excluding carboxylic acids is 1. The lowest BCUT2D eigenvalue weighted by atomic mass is 10.2. The number of amides is 1. The Morgan fingerprint density at radius 3 is 2.44 bits per heavy atom. The van der Waals surface area contributed by atoms with Crippen LogP contribution in [0.5, 0.6) is 0 Å². The third-order valence-corrected chi connectivity index (χ3v) is 4.13. The molecule has 0 atom stereocenters. The molecule has 2 aromatic rings. The zero-order chi connectivity index (χ0) is 19.4. The SMILES string of the molecule is O=C(/N=C(\Nc1cc(C(F)(F)F)[nH]n1)NC1CCCC1)c1ccc(F)cc1. The number of nitrogens with zero attached hydrogens (tertiary/aromatic N) is 2. The molecule has 3 N–H and O–H groups in total. The van der Waals surface area contributed by atoms with Gasteiger partial charge < -0.3 is 10.6 Å². The van der Waals surface area contributed by atoms with Crippen molar-refractivity contribution in [3.63, 3.8) is 0 Å². The Hall–Kier alpha value is -2.91. The van der Waals surface area contributed by atoms with Crippen molar-refractivity contribution in [2.45, 2.75) is 37.9 Å². The number of H-pyrrole nitrogens is 1. The summed E-state index contributed by atoms with van der Waals surface area (Å²) in [4.78, 5) is 16.2. The number of carbonyl (C=O) groups is 1. The van der Waals surface area contributed by atoms with Gasteiger partial charge in [0.05, 0.1) is 0 Å². The minimum Gasteiger partial charge on any atom is -0.353 e. The van der Waals surface area contributed by atoms with Gasteiger partial charge in [0.15, 0.2) is 5.82 Å². The largest absolute Gasteiger partial charge is 0.432 e. The van der Waals surface area contributed by atoms with Gasteiger partial charge in [-0.3, -0.25) is 9.89 Å². The first-order valence-electron chi connectivity index (χ1n) is 8.36. The summed E-state index contributed by atoms with van der Waals surface area (Å²) in [5, 5.41) is 11.1. The molecule has 0 spiro atoms. The van der Waals surface area contributed by atoms with Crippen LogP contribution in [0.3, 0.4) is 0 Å². The molecule has 0 radical (unpaired) electrons. The fraction of sp³-hybridized carbons (Fsp3) is 0.353. The summed E-state index contributed by atoms with van der Waals surface area (Å²) in [6.45, 7) is 0. The number of benzene rings is 1. The van der Waals surface area contributed by atoms with Gasteiger partial charge in [0, 0.05) is 17.7 Å². The average molecular weight is 383 g/mol. The van der Waals surface area contributed by atoms with Crippen LogP contribution in [0, 0.1) is 5.82 Å². The monoisotopic (exact) mass is 383 g/mol. The molecule has 1 saturated carbocycles. The van der Waals surface area contributed by atoms with Gasteiger partial charge in [0.25, 0.3) is 5.91 Å². The van der Waals surface area contributed by atoms with Crippen molar-refractivity contribution in [2.24, 2.45) is 4.99 Å². The lowest BCUT2D eigenvalue weighted by Crippen LogP contribution is -2.38. The number of nitrogens with one attached hydrogen (secondary N) is 3. The Kier molecular flexibility index (Phi) is 5.43. The van der Waals surface area contributed by atoms with Gasteiger partial charge in [-0.25, -0.2) is 4.39 Å². The van der Waals surface area contributed by atoms with Crippen LogP contribution in [0.4, 0.5) is 23.4 Å². The molecule has 1 fully saturated rings. The molecule has 1 amide bonds. The topological polar surface area (TPSA) is 82.2 Å². The zero-order valence-electron chi connectivity index (χ0n) is 14.1. The van der Waals surface area contributed by atoms with Crippen molar-refractivity contribution in [2.75, 3.05) is 5.32 Å². The van der Waals surface area contributed by atoms with E-state index in [0.29, 0.717) is 0 Å². The smallest absolute Gasteiger partial charge is 0.353 e. The Bertz CT molecular complexity index is 823. The second-order valence-corrected chi connectivity index (χ2v) is 6.19. The standard InChI is InChI=1S/C17H17F4N5O/c18-11-7-5-10(6-8-11)15(27)24-16(22-12-3-1-2-4-12)23-14-9-13(25-26-14)17(19,20)21/h5-9,12H,1-4H2,(H3,22,23,24,25,26,27). The Morgan fingerprint density at radius 1 is 1.19 bits per heavy atom. The highest BCUT2D eigenvalue weighted by atomic mass is 19.4. The number of rotatable bonds is 3. The van der Waals surface area contributed by atoms with Crippen LogP contribution in [0.1, 0.15) is 41.7 Å². The van der Waals surface area contributed by atoms with Gasteiger partial charge in [0.2, 0.25) is 5.96 Å². The van der Waals surface area contributed by atoms with E-state index in [9.17, 15) is 22.4 Å². The van der Waals surface area contributed by atoms with Crippen LogP contribution in [-0.2, 0) is 6.18 Å². The molecule has 144 valence electrons. The molecule has 10 heteroatoms. The third kappa shape index (κ3) is 5.05. The fourth-order valence-corrected chi connectivity index (χ4v) is 2.77. The van der Waals surface area contributed by atoms with Crippen molar-refractivity contribution in [1.29, 1.82) is 0 Å². The van der Waals surface area contributed by atoms with Crippen molar-refractivity contribution >= 4 is 17.7 Å². The average Bonchev–Trinajstić information content (AvgIpc) is 3.27. The predicted molar refractivity (Wildman–Crippen MR) is 90.8 cm³/mol. The van der Waals surface area contributed by atoms with Gasteiger partial charge in [-0.1, -0.05) is 12.8 Å². The van der Waals surface area contributed by atoms with Crippen molar-refractivity contribution in [1.82, 2.24) is 15.5 Å². The van der Waals surface area contributed by atoms with Gasteiger partial charge in [-0.15, -0.1) is 0 Å². The molecule has 1 aromatic heterocycles. The molecule has 0 aliphatic heterocycles. The van der Waals surface area contributed by atoms with E-state index in [1.807, 2.05) is 5.10 Å². The van der Waals surface area contributed by atoms with Crippen LogP contribution in [-0.4, -0.2) is 28.1 Å². The summed E-state index contributed by atoms with van der Waals surface area (Å²) in [6.07, 6.45) is -0.818. The van der Waals surface area contributed by atoms with E-state index in [0.717, 1.165) is 43.9 Å². The summed E-state index contributed by atoms with van der Waals surface area (Å²) in [5.74, 6) is -1.28. The highest BCUT2D eigenvalue weighted by molar-refractivity contribution is 6.06. The molecule has 1 aliphatic carbocycles. The van der Waals surface area contributed by atoms with Crippen LogP contribution in [0.15, 0.2) is 35.3 Å². The van der Waals surface area contributed by atoms with Crippen LogP contribution in [0.25, 0.3) is 0 Å². The van der Waals surface area contributed by atoms with E-state index >= 15 is 0 Å². The molecule has 1 aromatic carbocycles. The van der Waals surface area contributed by atoms with E-state index in [2.05, 4.69) is 20.7 Å². The van der Waals surface area contributed by atoms with Crippen molar-refractivity contribution in [3.8, 4) is 0 Å². The maximum atomic E-state index is 13.0. The van der Waals surface area contributed by atoms with Crippen molar-refractivity contribution in [3.05, 3.63) is 47.4 Å². The lowest BCUT2D eigenvalue weighted by molar-refractivity contribution is -0.141. The number of hydrogen-bond acceptors (Lipinski definition) is 2. The number of aromatic amines is 1. The highest BCUT2D eigenvalue weighted by Crippen LogP contribution is 2.28. The third-order valence-electron chi connectivity index (χ3n) is 4.13. The molecule has 0 bridgehead atoms.